The molecule has 0 fully saturated rings. The van der Waals surface area contributed by atoms with Crippen LogP contribution in [0.4, 0.5) is 5.69 Å². The summed E-state index contributed by atoms with van der Waals surface area (Å²) >= 11 is 0. The number of fused-ring (bicyclic) bond motifs is 1. The maximum Gasteiger partial charge on any atom is 0.137 e. The van der Waals surface area contributed by atoms with E-state index in [4.69, 9.17) is 5.73 Å². The largest absolute Gasteiger partial charge is 0.399 e. The molecule has 0 unspecified atom stereocenters. The van der Waals surface area contributed by atoms with Crippen LogP contribution in [0.25, 0.3) is 11.0 Å². The molecule has 3 nitrogen and oxygen atoms in total. The molecule has 17 heavy (non-hydrogen) atoms. The smallest absolute Gasteiger partial charge is 0.137 e. The summed E-state index contributed by atoms with van der Waals surface area (Å²) in [5, 5.41) is 1.18. The van der Waals surface area contributed by atoms with Crippen molar-refractivity contribution in [2.45, 2.75) is 6.42 Å². The van der Waals surface area contributed by atoms with Gasteiger partial charge in [-0.05, 0) is 41.8 Å². The molecule has 2 aromatic heterocycles. The molecule has 84 valence electrons. The molecule has 0 spiro atoms. The maximum atomic E-state index is 5.78. The lowest BCUT2D eigenvalue weighted by Crippen LogP contribution is -1.90. The number of pyridine rings is 1. The topological polar surface area (TPSA) is 54.7 Å². The minimum Gasteiger partial charge on any atom is -0.399 e. The second-order valence-corrected chi connectivity index (χ2v) is 4.14. The summed E-state index contributed by atoms with van der Waals surface area (Å²) in [7, 11) is 0. The first kappa shape index (κ1) is 9.90. The normalized spacial score (nSPS) is 10.8. The van der Waals surface area contributed by atoms with E-state index in [9.17, 15) is 0 Å². The molecule has 0 bridgehead atoms. The third kappa shape index (κ3) is 1.87. The van der Waals surface area contributed by atoms with Gasteiger partial charge in [0.1, 0.15) is 5.65 Å². The molecule has 3 rings (SSSR count). The predicted octanol–water partition coefficient (Wildman–Crippen LogP) is 2.74. The van der Waals surface area contributed by atoms with E-state index in [2.05, 4.69) is 22.1 Å². The number of anilines is 1. The van der Waals surface area contributed by atoms with Crippen LogP contribution >= 0.6 is 0 Å². The number of benzene rings is 1. The number of hydrogen-bond donors (Lipinski definition) is 2. The summed E-state index contributed by atoms with van der Waals surface area (Å²) in [5.74, 6) is 0. The third-order valence-electron chi connectivity index (χ3n) is 2.88. The van der Waals surface area contributed by atoms with Crippen LogP contribution in [0.2, 0.25) is 0 Å². The van der Waals surface area contributed by atoms with Crippen molar-refractivity contribution < 1.29 is 0 Å². The standard InChI is InChI=1S/C14H13N3/c15-12-4-1-3-10(8-12)7-11-9-17-14-13(11)5-2-6-16-14/h1-6,8-9H,7,15H2,(H,16,17). The molecule has 3 aromatic rings. The molecule has 3 N–H and O–H groups in total. The van der Waals surface area contributed by atoms with Gasteiger partial charge in [-0.15, -0.1) is 0 Å². The number of hydrogen-bond acceptors (Lipinski definition) is 2. The fraction of sp³-hybridized carbons (Fsp3) is 0.0714. The Hall–Kier alpha value is -2.29. The van der Waals surface area contributed by atoms with E-state index >= 15 is 0 Å². The molecule has 1 aromatic carbocycles. The van der Waals surface area contributed by atoms with Gasteiger partial charge in [-0.3, -0.25) is 0 Å². The summed E-state index contributed by atoms with van der Waals surface area (Å²) in [4.78, 5) is 7.46. The van der Waals surface area contributed by atoms with Crippen molar-refractivity contribution in [2.24, 2.45) is 0 Å². The van der Waals surface area contributed by atoms with Crippen molar-refractivity contribution in [3.05, 3.63) is 59.9 Å². The average molecular weight is 223 g/mol. The monoisotopic (exact) mass is 223 g/mol. The fourth-order valence-electron chi connectivity index (χ4n) is 2.08. The zero-order valence-corrected chi connectivity index (χ0v) is 9.35. The molecule has 0 amide bonds. The number of H-pyrrole nitrogens is 1. The Bertz CT molecular complexity index is 655. The minimum absolute atomic E-state index is 0.806. The van der Waals surface area contributed by atoms with Gasteiger partial charge in [0.05, 0.1) is 0 Å². The molecule has 0 aliphatic heterocycles. The van der Waals surface area contributed by atoms with Crippen LogP contribution in [-0.4, -0.2) is 9.97 Å². The summed E-state index contributed by atoms with van der Waals surface area (Å²) in [5.41, 5.74) is 9.99. The van der Waals surface area contributed by atoms with E-state index in [-0.39, 0.29) is 0 Å². The fourth-order valence-corrected chi connectivity index (χ4v) is 2.08. The number of nitrogen functional groups attached to an aromatic ring is 1. The summed E-state index contributed by atoms with van der Waals surface area (Å²) in [6.07, 6.45) is 4.68. The molecule has 0 aliphatic carbocycles. The maximum absolute atomic E-state index is 5.78. The van der Waals surface area contributed by atoms with Crippen molar-refractivity contribution in [3.63, 3.8) is 0 Å². The average Bonchev–Trinajstić information content (AvgIpc) is 2.73. The molecule has 0 saturated carbocycles. The number of aromatic amines is 1. The zero-order chi connectivity index (χ0) is 11.7. The van der Waals surface area contributed by atoms with Crippen LogP contribution in [0.3, 0.4) is 0 Å². The summed E-state index contributed by atoms with van der Waals surface area (Å²) < 4.78 is 0. The van der Waals surface area contributed by atoms with Crippen LogP contribution in [-0.2, 0) is 6.42 Å². The highest BCUT2D eigenvalue weighted by Gasteiger charge is 2.04. The second kappa shape index (κ2) is 3.94. The highest BCUT2D eigenvalue weighted by Crippen LogP contribution is 2.20. The van der Waals surface area contributed by atoms with Gasteiger partial charge in [-0.2, -0.15) is 0 Å². The van der Waals surface area contributed by atoms with Crippen LogP contribution in [0.15, 0.2) is 48.8 Å². The molecule has 0 atom stereocenters. The first-order valence-corrected chi connectivity index (χ1v) is 5.58. The summed E-state index contributed by atoms with van der Waals surface area (Å²) in [6.45, 7) is 0. The molecule has 0 radical (unpaired) electrons. The lowest BCUT2D eigenvalue weighted by Gasteiger charge is -2.01. The number of nitrogens with one attached hydrogen (secondary N) is 1. The zero-order valence-electron chi connectivity index (χ0n) is 9.35. The van der Waals surface area contributed by atoms with Crippen LogP contribution in [0, 0.1) is 0 Å². The highest BCUT2D eigenvalue weighted by molar-refractivity contribution is 5.79. The molecule has 0 aliphatic rings. The molecule has 0 saturated heterocycles. The number of aromatic nitrogens is 2. The van der Waals surface area contributed by atoms with Crippen molar-refractivity contribution in [2.75, 3.05) is 5.73 Å². The lowest BCUT2D eigenvalue weighted by atomic mass is 10.0. The summed E-state index contributed by atoms with van der Waals surface area (Å²) in [6, 6.07) is 12.0. The number of rotatable bonds is 2. The number of nitrogens with two attached hydrogens (primary N) is 1. The van der Waals surface area contributed by atoms with E-state index in [1.165, 1.54) is 16.5 Å². The number of nitrogens with zero attached hydrogens (tertiary/aromatic N) is 1. The van der Waals surface area contributed by atoms with Gasteiger partial charge in [0, 0.05) is 23.5 Å². The van der Waals surface area contributed by atoms with Gasteiger partial charge < -0.3 is 10.7 Å². The van der Waals surface area contributed by atoms with E-state index in [1.54, 1.807) is 6.20 Å². The van der Waals surface area contributed by atoms with Crippen molar-refractivity contribution >= 4 is 16.7 Å². The Balaban J connectivity index is 2.00. The molecule has 3 heteroatoms. The van der Waals surface area contributed by atoms with Crippen molar-refractivity contribution in [1.29, 1.82) is 0 Å². The predicted molar refractivity (Wildman–Crippen MR) is 69.8 cm³/mol. The van der Waals surface area contributed by atoms with Gasteiger partial charge in [0.2, 0.25) is 0 Å². The SMILES string of the molecule is Nc1cccc(Cc2c[nH]c3ncccc23)c1. The highest BCUT2D eigenvalue weighted by atomic mass is 14.8. The van der Waals surface area contributed by atoms with Crippen molar-refractivity contribution in [1.82, 2.24) is 9.97 Å². The van der Waals surface area contributed by atoms with E-state index < -0.39 is 0 Å². The first-order valence-electron chi connectivity index (χ1n) is 5.58. The van der Waals surface area contributed by atoms with Crippen molar-refractivity contribution in [3.8, 4) is 0 Å². The molecular weight excluding hydrogens is 210 g/mol. The Kier molecular flexibility index (Phi) is 2.29. The Morgan fingerprint density at radius 3 is 3.00 bits per heavy atom. The first-order chi connectivity index (χ1) is 8.33. The van der Waals surface area contributed by atoms with Gasteiger partial charge >= 0.3 is 0 Å². The van der Waals surface area contributed by atoms with Crippen LogP contribution < -0.4 is 5.73 Å². The lowest BCUT2D eigenvalue weighted by molar-refractivity contribution is 1.21. The van der Waals surface area contributed by atoms with Crippen LogP contribution in [0.1, 0.15) is 11.1 Å². The van der Waals surface area contributed by atoms with Gasteiger partial charge in [-0.25, -0.2) is 4.98 Å². The van der Waals surface area contributed by atoms with E-state index in [0.717, 1.165) is 17.8 Å². The van der Waals surface area contributed by atoms with Gasteiger partial charge in [0.25, 0.3) is 0 Å². The van der Waals surface area contributed by atoms with E-state index in [1.807, 2.05) is 30.5 Å². The van der Waals surface area contributed by atoms with Gasteiger partial charge in [-0.1, -0.05) is 12.1 Å². The van der Waals surface area contributed by atoms with E-state index in [0.29, 0.717) is 0 Å². The van der Waals surface area contributed by atoms with Gasteiger partial charge in [0.15, 0.2) is 0 Å². The Morgan fingerprint density at radius 2 is 2.12 bits per heavy atom. The quantitative estimate of drug-likeness (QED) is 0.656. The second-order valence-electron chi connectivity index (χ2n) is 4.14. The molecule has 2 heterocycles. The Morgan fingerprint density at radius 1 is 1.18 bits per heavy atom. The molecular formula is C14H13N3. The Labute approximate surface area is 99.3 Å². The minimum atomic E-state index is 0.806. The third-order valence-corrected chi connectivity index (χ3v) is 2.88. The van der Waals surface area contributed by atoms with Crippen LogP contribution in [0.5, 0.6) is 0 Å².